The molecule has 0 fully saturated rings. The average molecular weight is 392 g/mol. The number of benzene rings is 1. The van der Waals surface area contributed by atoms with Crippen LogP contribution in [0.1, 0.15) is 5.69 Å². The van der Waals surface area contributed by atoms with Crippen LogP contribution in [0.3, 0.4) is 0 Å². The Kier molecular flexibility index (Phi) is 4.55. The second-order valence-corrected chi connectivity index (χ2v) is 8.05. The van der Waals surface area contributed by atoms with E-state index in [2.05, 4.69) is 4.98 Å². The van der Waals surface area contributed by atoms with Crippen LogP contribution < -0.4 is 11.2 Å². The SMILES string of the molecule is Cc1ccc2c(=O)c(S(=O)(=O)c3ccc(Cl)cc3)cn(CC(N)=O)c2n1. The molecule has 2 N–H and O–H groups in total. The van der Waals surface area contributed by atoms with Crippen LogP contribution in [0.2, 0.25) is 5.02 Å². The quantitative estimate of drug-likeness (QED) is 0.727. The summed E-state index contributed by atoms with van der Waals surface area (Å²) in [5.41, 5.74) is 5.37. The molecule has 0 spiro atoms. The van der Waals surface area contributed by atoms with Gasteiger partial charge in [0.2, 0.25) is 21.2 Å². The van der Waals surface area contributed by atoms with Gasteiger partial charge < -0.3 is 10.3 Å². The fourth-order valence-corrected chi connectivity index (χ4v) is 4.05. The van der Waals surface area contributed by atoms with Gasteiger partial charge in [-0.3, -0.25) is 9.59 Å². The molecular formula is C17H14ClN3O4S. The highest BCUT2D eigenvalue weighted by Crippen LogP contribution is 2.22. The predicted molar refractivity (Wildman–Crippen MR) is 96.8 cm³/mol. The van der Waals surface area contributed by atoms with E-state index < -0.39 is 26.1 Å². The monoisotopic (exact) mass is 391 g/mol. The van der Waals surface area contributed by atoms with E-state index in [0.29, 0.717) is 10.7 Å². The van der Waals surface area contributed by atoms with Gasteiger partial charge in [0.15, 0.2) is 0 Å². The largest absolute Gasteiger partial charge is 0.368 e. The van der Waals surface area contributed by atoms with Crippen LogP contribution in [0.25, 0.3) is 11.0 Å². The number of pyridine rings is 2. The Balaban J connectivity index is 2.34. The molecule has 26 heavy (non-hydrogen) atoms. The van der Waals surface area contributed by atoms with Gasteiger partial charge in [0.1, 0.15) is 17.1 Å². The van der Waals surface area contributed by atoms with Crippen molar-refractivity contribution in [2.24, 2.45) is 5.73 Å². The Morgan fingerprint density at radius 2 is 1.85 bits per heavy atom. The zero-order valence-corrected chi connectivity index (χ0v) is 15.2. The zero-order chi connectivity index (χ0) is 19.1. The lowest BCUT2D eigenvalue weighted by Crippen LogP contribution is -2.24. The average Bonchev–Trinajstić information content (AvgIpc) is 2.57. The summed E-state index contributed by atoms with van der Waals surface area (Å²) < 4.78 is 27.1. The number of nitrogens with zero attached hydrogens (tertiary/aromatic N) is 2. The molecule has 1 aromatic carbocycles. The number of nitrogens with two attached hydrogens (primary N) is 1. The maximum atomic E-state index is 12.9. The van der Waals surface area contributed by atoms with Crippen molar-refractivity contribution < 1.29 is 13.2 Å². The second-order valence-electron chi connectivity index (χ2n) is 5.70. The van der Waals surface area contributed by atoms with Crippen LogP contribution in [0, 0.1) is 6.92 Å². The summed E-state index contributed by atoms with van der Waals surface area (Å²) >= 11 is 5.79. The van der Waals surface area contributed by atoms with Crippen LogP contribution in [-0.4, -0.2) is 23.9 Å². The molecule has 0 unspecified atom stereocenters. The summed E-state index contributed by atoms with van der Waals surface area (Å²) in [5, 5.41) is 0.458. The molecule has 0 atom stereocenters. The third kappa shape index (κ3) is 3.21. The molecule has 1 amide bonds. The number of halogens is 1. The van der Waals surface area contributed by atoms with Crippen molar-refractivity contribution in [1.82, 2.24) is 9.55 Å². The lowest BCUT2D eigenvalue weighted by atomic mass is 10.2. The first-order chi connectivity index (χ1) is 12.2. The molecule has 0 saturated carbocycles. The molecule has 0 aliphatic carbocycles. The van der Waals surface area contributed by atoms with Crippen molar-refractivity contribution in [3.05, 3.63) is 63.5 Å². The van der Waals surface area contributed by atoms with E-state index in [9.17, 15) is 18.0 Å². The predicted octanol–water partition coefficient (Wildman–Crippen LogP) is 1.68. The van der Waals surface area contributed by atoms with Gasteiger partial charge in [0.25, 0.3) is 0 Å². The number of carbonyl (C=O) groups is 1. The van der Waals surface area contributed by atoms with Crippen LogP contribution in [0.4, 0.5) is 0 Å². The Hall–Kier alpha value is -2.71. The molecular weight excluding hydrogens is 378 g/mol. The van der Waals surface area contributed by atoms with Gasteiger partial charge in [-0.2, -0.15) is 0 Å². The first kappa shape index (κ1) is 18.1. The molecule has 2 aromatic heterocycles. The summed E-state index contributed by atoms with van der Waals surface area (Å²) in [6, 6.07) is 8.54. The number of sulfone groups is 1. The van der Waals surface area contributed by atoms with E-state index in [1.54, 1.807) is 13.0 Å². The van der Waals surface area contributed by atoms with Gasteiger partial charge in [-0.1, -0.05) is 11.6 Å². The highest BCUT2D eigenvalue weighted by atomic mass is 35.5. The molecule has 0 bridgehead atoms. The molecule has 2 heterocycles. The van der Waals surface area contributed by atoms with Crippen LogP contribution in [0.15, 0.2) is 57.2 Å². The number of rotatable bonds is 4. The summed E-state index contributed by atoms with van der Waals surface area (Å²) in [4.78, 5) is 27.9. The highest BCUT2D eigenvalue weighted by Gasteiger charge is 2.24. The number of primary amides is 1. The van der Waals surface area contributed by atoms with Crippen LogP contribution >= 0.6 is 11.6 Å². The molecule has 0 aliphatic heterocycles. The summed E-state index contributed by atoms with van der Waals surface area (Å²) in [5.74, 6) is -0.687. The van der Waals surface area contributed by atoms with E-state index in [0.717, 1.165) is 6.20 Å². The van der Waals surface area contributed by atoms with E-state index in [-0.39, 0.29) is 22.5 Å². The lowest BCUT2D eigenvalue weighted by Gasteiger charge is -2.12. The Morgan fingerprint density at radius 1 is 1.19 bits per heavy atom. The van der Waals surface area contributed by atoms with Crippen molar-refractivity contribution in [3.63, 3.8) is 0 Å². The van der Waals surface area contributed by atoms with Gasteiger partial charge in [-0.25, -0.2) is 13.4 Å². The van der Waals surface area contributed by atoms with Crippen LogP contribution in [-0.2, 0) is 21.2 Å². The summed E-state index contributed by atoms with van der Waals surface area (Å²) in [6.45, 7) is 1.41. The minimum absolute atomic E-state index is 0.0796. The minimum Gasteiger partial charge on any atom is -0.368 e. The van der Waals surface area contributed by atoms with E-state index in [1.807, 2.05) is 0 Å². The topological polar surface area (TPSA) is 112 Å². The van der Waals surface area contributed by atoms with E-state index >= 15 is 0 Å². The summed E-state index contributed by atoms with van der Waals surface area (Å²) in [6.07, 6.45) is 1.10. The van der Waals surface area contributed by atoms with Crippen molar-refractivity contribution >= 4 is 38.4 Å². The second kappa shape index (κ2) is 6.54. The highest BCUT2D eigenvalue weighted by molar-refractivity contribution is 7.91. The normalized spacial score (nSPS) is 11.6. The number of fused-ring (bicyclic) bond motifs is 1. The number of aromatic nitrogens is 2. The van der Waals surface area contributed by atoms with Crippen molar-refractivity contribution in [1.29, 1.82) is 0 Å². The summed E-state index contributed by atoms with van der Waals surface area (Å²) in [7, 11) is -4.12. The first-order valence-corrected chi connectivity index (χ1v) is 9.36. The molecule has 9 heteroatoms. The molecule has 134 valence electrons. The third-order valence-electron chi connectivity index (χ3n) is 3.77. The fraction of sp³-hybridized carbons (Fsp3) is 0.118. The first-order valence-electron chi connectivity index (χ1n) is 7.50. The van der Waals surface area contributed by atoms with Gasteiger partial charge in [0, 0.05) is 16.9 Å². The fourth-order valence-electron chi connectivity index (χ4n) is 2.55. The molecule has 0 radical (unpaired) electrons. The van der Waals surface area contributed by atoms with Gasteiger partial charge >= 0.3 is 0 Å². The number of hydrogen-bond acceptors (Lipinski definition) is 5. The number of amides is 1. The minimum atomic E-state index is -4.12. The van der Waals surface area contributed by atoms with E-state index in [4.69, 9.17) is 17.3 Å². The lowest BCUT2D eigenvalue weighted by molar-refractivity contribution is -0.118. The molecule has 7 nitrogen and oxygen atoms in total. The smallest absolute Gasteiger partial charge is 0.237 e. The zero-order valence-electron chi connectivity index (χ0n) is 13.6. The Bertz CT molecular complexity index is 1190. The van der Waals surface area contributed by atoms with Crippen molar-refractivity contribution in [2.75, 3.05) is 0 Å². The molecule has 3 aromatic rings. The maximum absolute atomic E-state index is 12.9. The molecule has 3 rings (SSSR count). The van der Waals surface area contributed by atoms with Crippen LogP contribution in [0.5, 0.6) is 0 Å². The van der Waals surface area contributed by atoms with Crippen molar-refractivity contribution in [3.8, 4) is 0 Å². The third-order valence-corrected chi connectivity index (χ3v) is 5.78. The van der Waals surface area contributed by atoms with E-state index in [1.165, 1.54) is 34.9 Å². The number of aryl methyl sites for hydroxylation is 1. The standard InChI is InChI=1S/C17H14ClN3O4S/c1-10-2-7-13-16(23)14(8-21(9-15(19)22)17(13)20-10)26(24,25)12-5-3-11(18)4-6-12/h2-8H,9H2,1H3,(H2,19,22). The van der Waals surface area contributed by atoms with Crippen molar-refractivity contribution in [2.45, 2.75) is 23.3 Å². The van der Waals surface area contributed by atoms with Gasteiger partial charge in [0.05, 0.1) is 10.3 Å². The Morgan fingerprint density at radius 3 is 2.46 bits per heavy atom. The Labute approximate surface area is 154 Å². The molecule has 0 saturated heterocycles. The molecule has 0 aliphatic rings. The number of carbonyl (C=O) groups excluding carboxylic acids is 1. The number of hydrogen-bond donors (Lipinski definition) is 1. The van der Waals surface area contributed by atoms with Gasteiger partial charge in [-0.15, -0.1) is 0 Å². The maximum Gasteiger partial charge on any atom is 0.237 e. The van der Waals surface area contributed by atoms with Gasteiger partial charge in [-0.05, 0) is 43.3 Å².